The van der Waals surface area contributed by atoms with Crippen LogP contribution in [-0.4, -0.2) is 13.0 Å². The highest BCUT2D eigenvalue weighted by Crippen LogP contribution is 2.14. The molecule has 0 bridgehead atoms. The summed E-state index contributed by atoms with van der Waals surface area (Å²) in [5, 5.41) is 8.10. The molecule has 6 heteroatoms. The minimum absolute atomic E-state index is 0.190. The molecule has 0 saturated heterocycles. The fraction of sp³-hybridized carbons (Fsp3) is 0. The van der Waals surface area contributed by atoms with E-state index in [9.17, 15) is 13.0 Å². The van der Waals surface area contributed by atoms with Crippen LogP contribution >= 0.6 is 0 Å². The van der Waals surface area contributed by atoms with Crippen LogP contribution in [0.2, 0.25) is 0 Å². The van der Waals surface area contributed by atoms with Gasteiger partial charge in [-0.05, 0) is 24.3 Å². The number of ether oxygens (including phenoxy) is 1. The quantitative estimate of drug-likeness (QED) is 0.508. The van der Waals surface area contributed by atoms with Gasteiger partial charge in [0.2, 0.25) is 0 Å². The summed E-state index contributed by atoms with van der Waals surface area (Å²) in [6.07, 6.45) is 1.41. The number of hydrogen-bond acceptors (Lipinski definition) is 5. The molecule has 0 unspecified atom stereocenters. The summed E-state index contributed by atoms with van der Waals surface area (Å²) < 4.78 is 35.7. The Balaban J connectivity index is 3.03. The zero-order chi connectivity index (χ0) is 9.90. The highest BCUT2D eigenvalue weighted by Gasteiger charge is 2.00. The first kappa shape index (κ1) is 9.51. The van der Waals surface area contributed by atoms with E-state index in [1.807, 2.05) is 0 Å². The van der Waals surface area contributed by atoms with Crippen LogP contribution in [0.5, 0.6) is 5.75 Å². The Kier molecular flexibility index (Phi) is 2.51. The normalized spacial score (nSPS) is 10.5. The molecule has 0 saturated carbocycles. The molecule has 0 heterocycles. The van der Waals surface area contributed by atoms with Crippen LogP contribution in [0.4, 0.5) is 0 Å². The van der Waals surface area contributed by atoms with Crippen molar-refractivity contribution in [1.29, 1.82) is 5.26 Å². The molecule has 0 fully saturated rings. The van der Waals surface area contributed by atoms with E-state index in [0.29, 0.717) is 0 Å². The Hall–Kier alpha value is -1.58. The van der Waals surface area contributed by atoms with Crippen molar-refractivity contribution >= 4 is 10.1 Å². The molecule has 0 radical (unpaired) electrons. The predicted molar refractivity (Wildman–Crippen MR) is 40.6 cm³/mol. The predicted octanol–water partition coefficient (Wildman–Crippen LogP) is 0.451. The van der Waals surface area contributed by atoms with Crippen molar-refractivity contribution < 1.29 is 17.7 Å². The largest absolute Gasteiger partial charge is 0.744 e. The second-order valence-electron chi connectivity index (χ2n) is 2.12. The van der Waals surface area contributed by atoms with E-state index < -0.39 is 10.1 Å². The van der Waals surface area contributed by atoms with Gasteiger partial charge in [0.1, 0.15) is 15.9 Å². The molecule has 1 aromatic carbocycles. The minimum Gasteiger partial charge on any atom is -0.744 e. The van der Waals surface area contributed by atoms with Crippen LogP contribution in [-0.2, 0) is 10.1 Å². The Morgan fingerprint density at radius 1 is 1.31 bits per heavy atom. The lowest BCUT2D eigenvalue weighted by Crippen LogP contribution is -1.97. The van der Waals surface area contributed by atoms with Crippen molar-refractivity contribution in [3.63, 3.8) is 0 Å². The Morgan fingerprint density at radius 3 is 2.23 bits per heavy atom. The van der Waals surface area contributed by atoms with Crippen molar-refractivity contribution in [3.05, 3.63) is 24.3 Å². The molecule has 5 nitrogen and oxygen atoms in total. The summed E-state index contributed by atoms with van der Waals surface area (Å²) in [7, 11) is -4.42. The second-order valence-corrected chi connectivity index (χ2v) is 3.50. The van der Waals surface area contributed by atoms with Gasteiger partial charge in [-0.1, -0.05) is 0 Å². The summed E-state index contributed by atoms with van der Waals surface area (Å²) in [5.74, 6) is 0.190. The van der Waals surface area contributed by atoms with Crippen LogP contribution in [0.1, 0.15) is 0 Å². The summed E-state index contributed by atoms with van der Waals surface area (Å²) in [5.41, 5.74) is 0. The Bertz CT molecular complexity index is 429. The minimum atomic E-state index is -4.42. The van der Waals surface area contributed by atoms with Crippen molar-refractivity contribution in [1.82, 2.24) is 0 Å². The number of rotatable bonds is 2. The highest BCUT2D eigenvalue weighted by atomic mass is 32.2. The van der Waals surface area contributed by atoms with Crippen LogP contribution < -0.4 is 4.74 Å². The molecule has 1 aromatic rings. The number of hydrogen-bond donors (Lipinski definition) is 0. The maximum atomic E-state index is 10.4. The third-order valence-electron chi connectivity index (χ3n) is 1.28. The molecule has 0 spiro atoms. The molecule has 0 aliphatic carbocycles. The van der Waals surface area contributed by atoms with E-state index in [4.69, 9.17) is 5.26 Å². The first-order valence-corrected chi connectivity index (χ1v) is 4.57. The van der Waals surface area contributed by atoms with Gasteiger partial charge in [-0.25, -0.2) is 8.42 Å². The topological polar surface area (TPSA) is 90.2 Å². The van der Waals surface area contributed by atoms with Gasteiger partial charge >= 0.3 is 0 Å². The monoisotopic (exact) mass is 198 g/mol. The van der Waals surface area contributed by atoms with Crippen molar-refractivity contribution in [3.8, 4) is 12.0 Å². The van der Waals surface area contributed by atoms with E-state index in [-0.39, 0.29) is 10.6 Å². The molecule has 13 heavy (non-hydrogen) atoms. The van der Waals surface area contributed by atoms with Gasteiger partial charge in [-0.3, -0.25) is 0 Å². The molecule has 0 amide bonds. The zero-order valence-corrected chi connectivity index (χ0v) is 7.11. The van der Waals surface area contributed by atoms with Gasteiger partial charge in [0.15, 0.2) is 0 Å². The maximum Gasteiger partial charge on any atom is 0.292 e. The van der Waals surface area contributed by atoms with Crippen LogP contribution in [0, 0.1) is 11.5 Å². The number of nitriles is 1. The summed E-state index contributed by atoms with van der Waals surface area (Å²) in [4.78, 5) is -0.349. The average Bonchev–Trinajstić information content (AvgIpc) is 2.04. The van der Waals surface area contributed by atoms with E-state index in [1.54, 1.807) is 0 Å². The van der Waals surface area contributed by atoms with Gasteiger partial charge in [0.25, 0.3) is 6.26 Å². The van der Waals surface area contributed by atoms with Gasteiger partial charge < -0.3 is 9.29 Å². The maximum absolute atomic E-state index is 10.4. The summed E-state index contributed by atoms with van der Waals surface area (Å²) >= 11 is 0. The standard InChI is InChI=1S/C7H5NO4S/c8-5-12-6-1-3-7(4-2-6)13(9,10)11/h1-4H,(H,9,10,11)/p-1. The van der Waals surface area contributed by atoms with E-state index in [2.05, 4.69) is 4.74 Å². The van der Waals surface area contributed by atoms with Gasteiger partial charge in [0.05, 0.1) is 4.90 Å². The number of nitrogens with zero attached hydrogens (tertiary/aromatic N) is 1. The highest BCUT2D eigenvalue weighted by molar-refractivity contribution is 7.85. The van der Waals surface area contributed by atoms with Gasteiger partial charge in [0, 0.05) is 0 Å². The SMILES string of the molecule is N#COc1ccc(S(=O)(=O)[O-])cc1. The summed E-state index contributed by atoms with van der Waals surface area (Å²) in [6.45, 7) is 0. The van der Waals surface area contributed by atoms with Gasteiger partial charge in [-0.15, -0.1) is 5.26 Å². The van der Waals surface area contributed by atoms with Crippen LogP contribution in [0.25, 0.3) is 0 Å². The molecule has 0 aromatic heterocycles. The summed E-state index contributed by atoms with van der Waals surface area (Å²) in [6, 6.07) is 4.62. The van der Waals surface area contributed by atoms with E-state index in [0.717, 1.165) is 12.1 Å². The smallest absolute Gasteiger partial charge is 0.292 e. The van der Waals surface area contributed by atoms with E-state index >= 15 is 0 Å². The van der Waals surface area contributed by atoms with Crippen LogP contribution in [0.3, 0.4) is 0 Å². The zero-order valence-electron chi connectivity index (χ0n) is 6.30. The lowest BCUT2D eigenvalue weighted by molar-refractivity contribution is 0.462. The Morgan fingerprint density at radius 2 is 1.85 bits per heavy atom. The lowest BCUT2D eigenvalue weighted by Gasteiger charge is -2.05. The first-order valence-electron chi connectivity index (χ1n) is 3.16. The van der Waals surface area contributed by atoms with Crippen molar-refractivity contribution in [2.24, 2.45) is 0 Å². The fourth-order valence-electron chi connectivity index (χ4n) is 0.727. The number of benzene rings is 1. The fourth-order valence-corrected chi connectivity index (χ4v) is 1.20. The van der Waals surface area contributed by atoms with Crippen molar-refractivity contribution in [2.75, 3.05) is 0 Å². The van der Waals surface area contributed by atoms with Gasteiger partial charge in [-0.2, -0.15) is 0 Å². The second kappa shape index (κ2) is 3.43. The lowest BCUT2D eigenvalue weighted by atomic mass is 10.3. The Labute approximate surface area is 74.9 Å². The molecule has 0 aliphatic heterocycles. The molecular weight excluding hydrogens is 194 g/mol. The average molecular weight is 198 g/mol. The molecule has 0 N–H and O–H groups in total. The molecule has 1 rings (SSSR count). The van der Waals surface area contributed by atoms with E-state index in [1.165, 1.54) is 18.4 Å². The third kappa shape index (κ3) is 2.43. The first-order chi connectivity index (χ1) is 6.04. The third-order valence-corrected chi connectivity index (χ3v) is 2.13. The molecule has 0 atom stereocenters. The van der Waals surface area contributed by atoms with Crippen molar-refractivity contribution in [2.45, 2.75) is 4.90 Å². The molecule has 68 valence electrons. The molecular formula is C7H4NO4S-. The van der Waals surface area contributed by atoms with Crippen LogP contribution in [0.15, 0.2) is 29.2 Å². The molecule has 0 aliphatic rings.